The summed E-state index contributed by atoms with van der Waals surface area (Å²) in [7, 11) is 1.92. The van der Waals surface area contributed by atoms with Crippen molar-refractivity contribution in [3.8, 4) is 0 Å². The Kier molecular flexibility index (Phi) is 8.30. The zero-order chi connectivity index (χ0) is 20.7. The van der Waals surface area contributed by atoms with Crippen molar-refractivity contribution in [3.05, 3.63) is 0 Å². The Labute approximate surface area is 184 Å². The maximum absolute atomic E-state index is 5.70. The Morgan fingerprint density at radius 1 is 0.933 bits per heavy atom. The van der Waals surface area contributed by atoms with E-state index in [4.69, 9.17) is 4.74 Å². The number of nitrogens with one attached hydrogen (secondary N) is 2. The Morgan fingerprint density at radius 3 is 2.30 bits per heavy atom. The van der Waals surface area contributed by atoms with Gasteiger partial charge in [0.15, 0.2) is 5.96 Å². The zero-order valence-electron chi connectivity index (χ0n) is 19.3. The van der Waals surface area contributed by atoms with Crippen LogP contribution in [-0.4, -0.2) is 86.9 Å². The summed E-state index contributed by atoms with van der Waals surface area (Å²) in [6.07, 6.45) is 14.7. The average Bonchev–Trinajstić information content (AvgIpc) is 3.35. The highest BCUT2D eigenvalue weighted by Crippen LogP contribution is 2.31. The maximum Gasteiger partial charge on any atom is 0.191 e. The molecule has 0 aromatic heterocycles. The summed E-state index contributed by atoms with van der Waals surface area (Å²) in [4.78, 5) is 10.0. The van der Waals surface area contributed by atoms with Crippen molar-refractivity contribution in [2.75, 3.05) is 59.5 Å². The molecule has 0 atom stereocenters. The molecule has 0 amide bonds. The number of piperidine rings is 1. The van der Waals surface area contributed by atoms with Crippen molar-refractivity contribution in [3.63, 3.8) is 0 Å². The first-order chi connectivity index (χ1) is 14.8. The fourth-order valence-corrected chi connectivity index (χ4v) is 6.18. The van der Waals surface area contributed by atoms with E-state index < -0.39 is 0 Å². The Hall–Kier alpha value is -0.850. The molecule has 6 nitrogen and oxygen atoms in total. The zero-order valence-corrected chi connectivity index (χ0v) is 19.3. The number of rotatable bonds is 6. The van der Waals surface area contributed by atoms with Crippen LogP contribution in [-0.2, 0) is 4.74 Å². The van der Waals surface area contributed by atoms with Gasteiger partial charge in [0, 0.05) is 58.0 Å². The maximum atomic E-state index is 5.70. The fraction of sp³-hybridized carbons (Fsp3) is 0.958. The molecule has 4 fully saturated rings. The second-order valence-electron chi connectivity index (χ2n) is 10.2. The first-order valence-electron chi connectivity index (χ1n) is 12.8. The molecule has 3 aliphatic heterocycles. The van der Waals surface area contributed by atoms with Crippen LogP contribution in [0.15, 0.2) is 4.99 Å². The van der Waals surface area contributed by atoms with E-state index in [1.54, 1.807) is 0 Å². The molecule has 4 aliphatic rings. The number of nitrogens with zero attached hydrogens (tertiary/aromatic N) is 3. The molecule has 0 bridgehead atoms. The minimum absolute atomic E-state index is 0.246. The second-order valence-corrected chi connectivity index (χ2v) is 10.2. The Bertz CT molecular complexity index is 528. The van der Waals surface area contributed by atoms with Gasteiger partial charge < -0.3 is 20.3 Å². The molecule has 172 valence electrons. The van der Waals surface area contributed by atoms with Crippen molar-refractivity contribution in [1.29, 1.82) is 0 Å². The lowest BCUT2D eigenvalue weighted by atomic mass is 9.88. The van der Waals surface area contributed by atoms with Gasteiger partial charge in [-0.15, -0.1) is 0 Å². The molecule has 30 heavy (non-hydrogen) atoms. The van der Waals surface area contributed by atoms with E-state index in [1.165, 1.54) is 90.5 Å². The topological polar surface area (TPSA) is 52.1 Å². The van der Waals surface area contributed by atoms with Crippen molar-refractivity contribution in [2.45, 2.75) is 82.2 Å². The van der Waals surface area contributed by atoms with Gasteiger partial charge in [-0.3, -0.25) is 9.89 Å². The summed E-state index contributed by atoms with van der Waals surface area (Å²) in [5.74, 6) is 1.95. The van der Waals surface area contributed by atoms with Crippen molar-refractivity contribution < 1.29 is 4.74 Å². The smallest absolute Gasteiger partial charge is 0.191 e. The van der Waals surface area contributed by atoms with Crippen LogP contribution in [0.2, 0.25) is 0 Å². The lowest BCUT2D eigenvalue weighted by Gasteiger charge is -2.45. The van der Waals surface area contributed by atoms with E-state index >= 15 is 0 Å². The highest BCUT2D eigenvalue weighted by Gasteiger charge is 2.39. The van der Waals surface area contributed by atoms with Crippen molar-refractivity contribution >= 4 is 5.96 Å². The van der Waals surface area contributed by atoms with Crippen LogP contribution >= 0.6 is 0 Å². The molecule has 0 spiro atoms. The molecule has 0 radical (unpaired) electrons. The predicted octanol–water partition coefficient (Wildman–Crippen LogP) is 2.84. The van der Waals surface area contributed by atoms with E-state index in [2.05, 4.69) is 25.4 Å². The highest BCUT2D eigenvalue weighted by atomic mass is 16.5. The van der Waals surface area contributed by atoms with Crippen molar-refractivity contribution in [1.82, 2.24) is 20.4 Å². The lowest BCUT2D eigenvalue weighted by molar-refractivity contribution is -0.0164. The van der Waals surface area contributed by atoms with Gasteiger partial charge in [-0.1, -0.05) is 19.3 Å². The number of aliphatic imine (C=N–C) groups is 1. The number of likely N-dealkylation sites (tertiary alicyclic amines) is 2. The normalized spacial score (nSPS) is 28.0. The SMILES string of the molecule is CN=C(NCC1(N2CCCC2)CCOCC1)NC1CCN(CC2CCCCC2)CC1. The Morgan fingerprint density at radius 2 is 1.63 bits per heavy atom. The molecular formula is C24H45N5O. The van der Waals surface area contributed by atoms with Crippen LogP contribution in [0.5, 0.6) is 0 Å². The van der Waals surface area contributed by atoms with E-state index in [0.29, 0.717) is 6.04 Å². The molecule has 1 aliphatic carbocycles. The van der Waals surface area contributed by atoms with Crippen LogP contribution in [0.1, 0.15) is 70.6 Å². The van der Waals surface area contributed by atoms with E-state index in [0.717, 1.165) is 44.5 Å². The lowest BCUT2D eigenvalue weighted by Crippen LogP contribution is -2.59. The van der Waals surface area contributed by atoms with Gasteiger partial charge in [0.2, 0.25) is 0 Å². The van der Waals surface area contributed by atoms with Crippen LogP contribution in [0.3, 0.4) is 0 Å². The van der Waals surface area contributed by atoms with Gasteiger partial charge in [-0.05, 0) is 70.4 Å². The molecule has 1 saturated carbocycles. The molecular weight excluding hydrogens is 374 g/mol. The average molecular weight is 420 g/mol. The molecule has 0 unspecified atom stereocenters. The molecule has 3 heterocycles. The minimum atomic E-state index is 0.246. The number of hydrogen-bond donors (Lipinski definition) is 2. The predicted molar refractivity (Wildman–Crippen MR) is 124 cm³/mol. The minimum Gasteiger partial charge on any atom is -0.381 e. The van der Waals surface area contributed by atoms with E-state index in [9.17, 15) is 0 Å². The summed E-state index contributed by atoms with van der Waals surface area (Å²) in [5, 5.41) is 7.45. The first kappa shape index (κ1) is 22.3. The third kappa shape index (κ3) is 5.89. The quantitative estimate of drug-likeness (QED) is 0.512. The van der Waals surface area contributed by atoms with E-state index in [-0.39, 0.29) is 5.54 Å². The van der Waals surface area contributed by atoms with Crippen LogP contribution < -0.4 is 10.6 Å². The van der Waals surface area contributed by atoms with Crippen molar-refractivity contribution in [2.24, 2.45) is 10.9 Å². The van der Waals surface area contributed by atoms with Crippen LogP contribution in [0, 0.1) is 5.92 Å². The molecule has 6 heteroatoms. The van der Waals surface area contributed by atoms with Gasteiger partial charge in [0.1, 0.15) is 0 Å². The molecule has 0 aromatic rings. The van der Waals surface area contributed by atoms with Gasteiger partial charge in [-0.2, -0.15) is 0 Å². The molecule has 4 rings (SSSR count). The van der Waals surface area contributed by atoms with Gasteiger partial charge in [0.25, 0.3) is 0 Å². The number of ether oxygens (including phenoxy) is 1. The third-order valence-corrected chi connectivity index (χ3v) is 8.18. The molecule has 0 aromatic carbocycles. The summed E-state index contributed by atoms with van der Waals surface area (Å²) in [6, 6.07) is 0.552. The Balaban J connectivity index is 1.22. The molecule has 3 saturated heterocycles. The number of guanidine groups is 1. The van der Waals surface area contributed by atoms with Crippen LogP contribution in [0.25, 0.3) is 0 Å². The summed E-state index contributed by atoms with van der Waals surface area (Å²) in [5.41, 5.74) is 0.246. The second kappa shape index (κ2) is 11.1. The fourth-order valence-electron chi connectivity index (χ4n) is 6.18. The number of hydrogen-bond acceptors (Lipinski definition) is 4. The molecule has 2 N–H and O–H groups in total. The summed E-state index contributed by atoms with van der Waals surface area (Å²) in [6.45, 7) is 9.06. The van der Waals surface area contributed by atoms with Gasteiger partial charge >= 0.3 is 0 Å². The highest BCUT2D eigenvalue weighted by molar-refractivity contribution is 5.80. The summed E-state index contributed by atoms with van der Waals surface area (Å²) < 4.78 is 5.70. The summed E-state index contributed by atoms with van der Waals surface area (Å²) >= 11 is 0. The third-order valence-electron chi connectivity index (χ3n) is 8.18. The van der Waals surface area contributed by atoms with E-state index in [1.807, 2.05) is 7.05 Å². The van der Waals surface area contributed by atoms with Gasteiger partial charge in [-0.25, -0.2) is 0 Å². The van der Waals surface area contributed by atoms with Crippen LogP contribution in [0.4, 0.5) is 0 Å². The largest absolute Gasteiger partial charge is 0.381 e. The monoisotopic (exact) mass is 419 g/mol. The standard InChI is InChI=1S/C24H45N5O/c1-25-23(26-20-24(11-17-30-18-12-24)29-13-5-6-14-29)27-22-9-15-28(16-10-22)19-21-7-3-2-4-8-21/h21-22H,2-20H2,1H3,(H2,25,26,27). The first-order valence-corrected chi connectivity index (χ1v) is 12.8. The van der Waals surface area contributed by atoms with Gasteiger partial charge in [0.05, 0.1) is 0 Å².